The number of rotatable bonds is 4. The molecule has 4 nitrogen and oxygen atoms in total. The lowest BCUT2D eigenvalue weighted by Crippen LogP contribution is -2.50. The van der Waals surface area contributed by atoms with E-state index in [-0.39, 0.29) is 29.9 Å². The lowest BCUT2D eigenvalue weighted by atomic mass is 10.0. The van der Waals surface area contributed by atoms with Crippen LogP contribution in [0.4, 0.5) is 0 Å². The summed E-state index contributed by atoms with van der Waals surface area (Å²) in [6, 6.07) is -0.170. The van der Waals surface area contributed by atoms with E-state index in [9.17, 15) is 9.59 Å². The van der Waals surface area contributed by atoms with Gasteiger partial charge in [-0.15, -0.1) is 0 Å². The molecule has 1 saturated heterocycles. The van der Waals surface area contributed by atoms with Gasteiger partial charge in [-0.2, -0.15) is 0 Å². The van der Waals surface area contributed by atoms with Crippen molar-refractivity contribution in [1.82, 2.24) is 10.2 Å². The zero-order valence-electron chi connectivity index (χ0n) is 12.2. The SMILES string of the molecule is CCC(C)N1C(=O)C(CC(C)C)NC(=O)CC1C. The van der Waals surface area contributed by atoms with E-state index in [0.717, 1.165) is 6.42 Å². The van der Waals surface area contributed by atoms with Crippen LogP contribution in [0.25, 0.3) is 0 Å². The second kappa shape index (κ2) is 6.21. The monoisotopic (exact) mass is 254 g/mol. The summed E-state index contributed by atoms with van der Waals surface area (Å²) < 4.78 is 0. The third kappa shape index (κ3) is 3.47. The van der Waals surface area contributed by atoms with Gasteiger partial charge < -0.3 is 10.2 Å². The van der Waals surface area contributed by atoms with E-state index in [0.29, 0.717) is 18.8 Å². The largest absolute Gasteiger partial charge is 0.344 e. The highest BCUT2D eigenvalue weighted by Gasteiger charge is 2.35. The van der Waals surface area contributed by atoms with Crippen LogP contribution in [0, 0.1) is 5.92 Å². The molecule has 0 aromatic heterocycles. The molecule has 0 aromatic carbocycles. The predicted octanol–water partition coefficient (Wildman–Crippen LogP) is 1.94. The van der Waals surface area contributed by atoms with Crippen molar-refractivity contribution in [1.29, 1.82) is 0 Å². The Hall–Kier alpha value is -1.06. The minimum absolute atomic E-state index is 0.00713. The molecule has 0 aromatic rings. The number of amides is 2. The van der Waals surface area contributed by atoms with Crippen molar-refractivity contribution in [2.24, 2.45) is 5.92 Å². The Balaban J connectivity index is 2.94. The van der Waals surface area contributed by atoms with E-state index in [1.807, 2.05) is 11.8 Å². The second-order valence-electron chi connectivity index (χ2n) is 5.81. The van der Waals surface area contributed by atoms with Crippen LogP contribution in [-0.4, -0.2) is 34.8 Å². The van der Waals surface area contributed by atoms with Gasteiger partial charge in [0.25, 0.3) is 0 Å². The summed E-state index contributed by atoms with van der Waals surface area (Å²) in [5.41, 5.74) is 0. The number of hydrogen-bond donors (Lipinski definition) is 1. The van der Waals surface area contributed by atoms with Gasteiger partial charge in [-0.3, -0.25) is 9.59 Å². The molecule has 1 N–H and O–H groups in total. The van der Waals surface area contributed by atoms with Crippen LogP contribution in [0.1, 0.15) is 53.9 Å². The van der Waals surface area contributed by atoms with Crippen molar-refractivity contribution >= 4 is 11.8 Å². The quantitative estimate of drug-likeness (QED) is 0.833. The lowest BCUT2D eigenvalue weighted by Gasteiger charge is -2.34. The molecule has 0 bridgehead atoms. The summed E-state index contributed by atoms with van der Waals surface area (Å²) >= 11 is 0. The molecule has 0 radical (unpaired) electrons. The number of hydrogen-bond acceptors (Lipinski definition) is 2. The highest BCUT2D eigenvalue weighted by molar-refractivity contribution is 5.90. The molecule has 3 atom stereocenters. The average molecular weight is 254 g/mol. The van der Waals surface area contributed by atoms with Crippen LogP contribution in [0.15, 0.2) is 0 Å². The fourth-order valence-electron chi connectivity index (χ4n) is 2.56. The van der Waals surface area contributed by atoms with E-state index < -0.39 is 0 Å². The number of carbonyl (C=O) groups excluding carboxylic acids is 2. The zero-order valence-corrected chi connectivity index (χ0v) is 12.2. The maximum absolute atomic E-state index is 12.5. The normalized spacial score (nSPS) is 27.1. The van der Waals surface area contributed by atoms with Crippen molar-refractivity contribution in [2.45, 2.75) is 72.0 Å². The topological polar surface area (TPSA) is 49.4 Å². The van der Waals surface area contributed by atoms with E-state index in [1.165, 1.54) is 0 Å². The molecule has 0 spiro atoms. The number of nitrogens with zero attached hydrogens (tertiary/aromatic N) is 1. The molecule has 3 unspecified atom stereocenters. The first-order valence-electron chi connectivity index (χ1n) is 6.98. The summed E-state index contributed by atoms with van der Waals surface area (Å²) in [6.07, 6.45) is 2.04. The first-order valence-corrected chi connectivity index (χ1v) is 6.98. The molecule has 0 saturated carbocycles. The summed E-state index contributed by atoms with van der Waals surface area (Å²) in [7, 11) is 0. The molecule has 1 rings (SSSR count). The minimum Gasteiger partial charge on any atom is -0.344 e. The van der Waals surface area contributed by atoms with E-state index in [2.05, 4.69) is 33.0 Å². The Morgan fingerprint density at radius 3 is 2.44 bits per heavy atom. The zero-order chi connectivity index (χ0) is 13.9. The maximum Gasteiger partial charge on any atom is 0.245 e. The lowest BCUT2D eigenvalue weighted by molar-refractivity contribution is -0.137. The summed E-state index contributed by atoms with van der Waals surface area (Å²) in [4.78, 5) is 26.2. The van der Waals surface area contributed by atoms with Crippen LogP contribution < -0.4 is 5.32 Å². The maximum atomic E-state index is 12.5. The molecule has 1 aliphatic rings. The van der Waals surface area contributed by atoms with Crippen molar-refractivity contribution < 1.29 is 9.59 Å². The molecule has 1 aliphatic heterocycles. The average Bonchev–Trinajstić information content (AvgIpc) is 2.35. The smallest absolute Gasteiger partial charge is 0.245 e. The van der Waals surface area contributed by atoms with E-state index >= 15 is 0 Å². The van der Waals surface area contributed by atoms with Crippen LogP contribution >= 0.6 is 0 Å². The van der Waals surface area contributed by atoms with Crippen LogP contribution in [0.2, 0.25) is 0 Å². The van der Waals surface area contributed by atoms with Crippen LogP contribution in [0.5, 0.6) is 0 Å². The third-order valence-corrected chi connectivity index (χ3v) is 3.62. The summed E-state index contributed by atoms with van der Waals surface area (Å²) in [5, 5.41) is 2.87. The van der Waals surface area contributed by atoms with Gasteiger partial charge in [0, 0.05) is 18.5 Å². The fraction of sp³-hybridized carbons (Fsp3) is 0.857. The van der Waals surface area contributed by atoms with Gasteiger partial charge >= 0.3 is 0 Å². The molecule has 0 aliphatic carbocycles. The van der Waals surface area contributed by atoms with Gasteiger partial charge in [0.1, 0.15) is 6.04 Å². The summed E-state index contributed by atoms with van der Waals surface area (Å²) in [6.45, 7) is 10.2. The molecule has 1 heterocycles. The predicted molar refractivity (Wildman–Crippen MR) is 72.1 cm³/mol. The molecular formula is C14H26N2O2. The van der Waals surface area contributed by atoms with Crippen molar-refractivity contribution in [3.63, 3.8) is 0 Å². The number of carbonyl (C=O) groups is 2. The van der Waals surface area contributed by atoms with E-state index in [4.69, 9.17) is 0 Å². The van der Waals surface area contributed by atoms with Crippen molar-refractivity contribution in [3.05, 3.63) is 0 Å². The Bertz CT molecular complexity index is 315. The first-order chi connectivity index (χ1) is 8.36. The standard InChI is InChI=1S/C14H26N2O2/c1-6-10(4)16-11(5)8-13(17)15-12(14(16)18)7-9(2)3/h9-12H,6-8H2,1-5H3,(H,15,17). The Morgan fingerprint density at radius 1 is 1.33 bits per heavy atom. The van der Waals surface area contributed by atoms with Crippen LogP contribution in [-0.2, 0) is 9.59 Å². The highest BCUT2D eigenvalue weighted by atomic mass is 16.2. The third-order valence-electron chi connectivity index (χ3n) is 3.62. The van der Waals surface area contributed by atoms with Crippen LogP contribution in [0.3, 0.4) is 0 Å². The molecule has 1 fully saturated rings. The van der Waals surface area contributed by atoms with Crippen molar-refractivity contribution in [2.75, 3.05) is 0 Å². The Kier molecular flexibility index (Phi) is 5.17. The first kappa shape index (κ1) is 15.0. The number of nitrogens with one attached hydrogen (secondary N) is 1. The second-order valence-corrected chi connectivity index (χ2v) is 5.81. The van der Waals surface area contributed by atoms with Gasteiger partial charge in [0.2, 0.25) is 11.8 Å². The minimum atomic E-state index is -0.351. The molecule has 2 amide bonds. The molecule has 18 heavy (non-hydrogen) atoms. The van der Waals surface area contributed by atoms with Gasteiger partial charge in [0.15, 0.2) is 0 Å². The Labute approximate surface area is 110 Å². The fourth-order valence-corrected chi connectivity index (χ4v) is 2.56. The van der Waals surface area contributed by atoms with E-state index in [1.54, 1.807) is 0 Å². The van der Waals surface area contributed by atoms with Gasteiger partial charge in [-0.1, -0.05) is 20.8 Å². The molecule has 4 heteroatoms. The summed E-state index contributed by atoms with van der Waals surface area (Å²) in [5.74, 6) is 0.468. The van der Waals surface area contributed by atoms with Crippen molar-refractivity contribution in [3.8, 4) is 0 Å². The van der Waals surface area contributed by atoms with Gasteiger partial charge in [0.05, 0.1) is 0 Å². The van der Waals surface area contributed by atoms with Gasteiger partial charge in [-0.25, -0.2) is 0 Å². The molecular weight excluding hydrogens is 228 g/mol. The molecule has 104 valence electrons. The van der Waals surface area contributed by atoms with Gasteiger partial charge in [-0.05, 0) is 32.6 Å². The Morgan fingerprint density at radius 2 is 1.94 bits per heavy atom. The highest BCUT2D eigenvalue weighted by Crippen LogP contribution is 2.19.